The van der Waals surface area contributed by atoms with Gasteiger partial charge >= 0.3 is 0 Å². The molecular formula is C18H35N. The maximum Gasteiger partial charge on any atom is 0.00698 e. The molecule has 0 bridgehead atoms. The van der Waals surface area contributed by atoms with Crippen molar-refractivity contribution in [2.75, 3.05) is 6.54 Å². The van der Waals surface area contributed by atoms with E-state index in [9.17, 15) is 0 Å². The van der Waals surface area contributed by atoms with Gasteiger partial charge in [-0.25, -0.2) is 0 Å². The smallest absolute Gasteiger partial charge is 0.00698 e. The molecule has 2 rings (SSSR count). The lowest BCUT2D eigenvalue weighted by Gasteiger charge is -2.33. The van der Waals surface area contributed by atoms with Crippen LogP contribution in [0.3, 0.4) is 0 Å². The minimum Gasteiger partial charge on any atom is -0.314 e. The third-order valence-corrected chi connectivity index (χ3v) is 5.72. The van der Waals surface area contributed by atoms with Crippen molar-refractivity contribution in [3.8, 4) is 0 Å². The van der Waals surface area contributed by atoms with Gasteiger partial charge in [-0.1, -0.05) is 58.8 Å². The monoisotopic (exact) mass is 265 g/mol. The van der Waals surface area contributed by atoms with Crippen LogP contribution in [0.15, 0.2) is 0 Å². The average molecular weight is 265 g/mol. The SMILES string of the molecule is CCCC1CCC(CNC2CCCC(CC)C2)CC1. The summed E-state index contributed by atoms with van der Waals surface area (Å²) in [5, 5.41) is 3.90. The first kappa shape index (κ1) is 15.4. The summed E-state index contributed by atoms with van der Waals surface area (Å²) in [6.07, 6.45) is 16.0. The molecule has 112 valence electrons. The zero-order valence-electron chi connectivity index (χ0n) is 13.3. The molecule has 2 aliphatic carbocycles. The maximum atomic E-state index is 3.90. The Kier molecular flexibility index (Phi) is 6.70. The van der Waals surface area contributed by atoms with E-state index in [1.165, 1.54) is 77.2 Å². The molecule has 0 radical (unpaired) electrons. The zero-order valence-corrected chi connectivity index (χ0v) is 13.3. The fourth-order valence-electron chi connectivity index (χ4n) is 4.31. The number of hydrogen-bond donors (Lipinski definition) is 1. The first-order valence-corrected chi connectivity index (χ1v) is 9.05. The molecule has 2 unspecified atom stereocenters. The summed E-state index contributed by atoms with van der Waals surface area (Å²) in [6.45, 7) is 6.00. The first-order valence-electron chi connectivity index (χ1n) is 9.05. The van der Waals surface area contributed by atoms with Crippen LogP contribution >= 0.6 is 0 Å². The Labute approximate surface area is 120 Å². The summed E-state index contributed by atoms with van der Waals surface area (Å²) >= 11 is 0. The highest BCUT2D eigenvalue weighted by Crippen LogP contribution is 2.32. The second-order valence-electron chi connectivity index (χ2n) is 7.22. The van der Waals surface area contributed by atoms with Gasteiger partial charge in [-0.15, -0.1) is 0 Å². The van der Waals surface area contributed by atoms with Gasteiger partial charge in [0.2, 0.25) is 0 Å². The Morgan fingerprint density at radius 3 is 2.26 bits per heavy atom. The highest BCUT2D eigenvalue weighted by Gasteiger charge is 2.23. The third-order valence-electron chi connectivity index (χ3n) is 5.72. The summed E-state index contributed by atoms with van der Waals surface area (Å²) in [5.41, 5.74) is 0. The Hall–Kier alpha value is -0.0400. The van der Waals surface area contributed by atoms with Gasteiger partial charge in [0.25, 0.3) is 0 Å². The van der Waals surface area contributed by atoms with Gasteiger partial charge in [0, 0.05) is 6.04 Å². The van der Waals surface area contributed by atoms with Crippen molar-refractivity contribution in [2.24, 2.45) is 17.8 Å². The standard InChI is InChI=1S/C18H35N/c1-3-6-16-9-11-17(12-10-16)14-19-18-8-5-7-15(4-2)13-18/h15-19H,3-14H2,1-2H3. The van der Waals surface area contributed by atoms with Gasteiger partial charge in [-0.2, -0.15) is 0 Å². The average Bonchev–Trinajstić information content (AvgIpc) is 2.47. The van der Waals surface area contributed by atoms with Crippen LogP contribution in [-0.4, -0.2) is 12.6 Å². The lowest BCUT2D eigenvalue weighted by molar-refractivity contribution is 0.228. The van der Waals surface area contributed by atoms with E-state index in [1.807, 2.05) is 0 Å². The van der Waals surface area contributed by atoms with Crippen molar-refractivity contribution in [3.63, 3.8) is 0 Å². The molecule has 0 heterocycles. The van der Waals surface area contributed by atoms with Crippen molar-refractivity contribution in [2.45, 2.75) is 90.5 Å². The highest BCUT2D eigenvalue weighted by atomic mass is 14.9. The van der Waals surface area contributed by atoms with E-state index in [0.29, 0.717) is 0 Å². The highest BCUT2D eigenvalue weighted by molar-refractivity contribution is 4.80. The molecule has 0 spiro atoms. The second-order valence-corrected chi connectivity index (χ2v) is 7.22. The van der Waals surface area contributed by atoms with Crippen LogP contribution in [0, 0.1) is 17.8 Å². The molecule has 0 amide bonds. The van der Waals surface area contributed by atoms with Crippen molar-refractivity contribution in [3.05, 3.63) is 0 Å². The molecule has 0 aliphatic heterocycles. The Balaban J connectivity index is 1.61. The molecule has 19 heavy (non-hydrogen) atoms. The van der Waals surface area contributed by atoms with Crippen molar-refractivity contribution >= 4 is 0 Å². The molecule has 2 aliphatic rings. The van der Waals surface area contributed by atoms with Crippen LogP contribution in [-0.2, 0) is 0 Å². The largest absolute Gasteiger partial charge is 0.314 e. The summed E-state index contributed by atoms with van der Waals surface area (Å²) in [7, 11) is 0. The van der Waals surface area contributed by atoms with E-state index < -0.39 is 0 Å². The fraction of sp³-hybridized carbons (Fsp3) is 1.00. The Morgan fingerprint density at radius 1 is 0.842 bits per heavy atom. The second kappa shape index (κ2) is 8.29. The number of nitrogens with one attached hydrogen (secondary N) is 1. The van der Waals surface area contributed by atoms with E-state index in [2.05, 4.69) is 19.2 Å². The molecule has 0 aromatic carbocycles. The molecule has 2 atom stereocenters. The summed E-state index contributed by atoms with van der Waals surface area (Å²) in [5.74, 6) is 3.04. The predicted octanol–water partition coefficient (Wildman–Crippen LogP) is 5.15. The summed E-state index contributed by atoms with van der Waals surface area (Å²) < 4.78 is 0. The first-order chi connectivity index (χ1) is 9.31. The van der Waals surface area contributed by atoms with E-state index in [1.54, 1.807) is 0 Å². The molecule has 1 N–H and O–H groups in total. The van der Waals surface area contributed by atoms with E-state index in [4.69, 9.17) is 0 Å². The minimum absolute atomic E-state index is 0.840. The maximum absolute atomic E-state index is 3.90. The minimum atomic E-state index is 0.840. The van der Waals surface area contributed by atoms with Crippen LogP contribution in [0.4, 0.5) is 0 Å². The van der Waals surface area contributed by atoms with Crippen LogP contribution in [0.1, 0.15) is 84.5 Å². The molecule has 1 nitrogen and oxygen atoms in total. The Bertz CT molecular complexity index is 230. The number of rotatable bonds is 6. The van der Waals surface area contributed by atoms with Gasteiger partial charge in [0.05, 0.1) is 0 Å². The van der Waals surface area contributed by atoms with Crippen molar-refractivity contribution in [1.29, 1.82) is 0 Å². The molecule has 0 aromatic heterocycles. The predicted molar refractivity (Wildman–Crippen MR) is 84.4 cm³/mol. The van der Waals surface area contributed by atoms with Crippen LogP contribution < -0.4 is 5.32 Å². The van der Waals surface area contributed by atoms with Crippen LogP contribution in [0.25, 0.3) is 0 Å². The quantitative estimate of drug-likeness (QED) is 0.700. The molecule has 2 fully saturated rings. The van der Waals surface area contributed by atoms with Crippen LogP contribution in [0.2, 0.25) is 0 Å². The van der Waals surface area contributed by atoms with E-state index in [0.717, 1.165) is 23.8 Å². The van der Waals surface area contributed by atoms with E-state index in [-0.39, 0.29) is 0 Å². The number of hydrogen-bond acceptors (Lipinski definition) is 1. The zero-order chi connectivity index (χ0) is 13.5. The van der Waals surface area contributed by atoms with Gasteiger partial charge in [-0.05, 0) is 50.0 Å². The topological polar surface area (TPSA) is 12.0 Å². The van der Waals surface area contributed by atoms with Gasteiger partial charge in [0.1, 0.15) is 0 Å². The molecule has 0 saturated heterocycles. The van der Waals surface area contributed by atoms with Crippen molar-refractivity contribution < 1.29 is 0 Å². The lowest BCUT2D eigenvalue weighted by Crippen LogP contribution is -2.37. The summed E-state index contributed by atoms with van der Waals surface area (Å²) in [4.78, 5) is 0. The third kappa shape index (κ3) is 5.10. The van der Waals surface area contributed by atoms with Crippen molar-refractivity contribution in [1.82, 2.24) is 5.32 Å². The van der Waals surface area contributed by atoms with E-state index >= 15 is 0 Å². The molecule has 2 saturated carbocycles. The normalized spacial score (nSPS) is 36.3. The van der Waals surface area contributed by atoms with Gasteiger partial charge in [-0.3, -0.25) is 0 Å². The molecular weight excluding hydrogens is 230 g/mol. The van der Waals surface area contributed by atoms with Crippen LogP contribution in [0.5, 0.6) is 0 Å². The Morgan fingerprint density at radius 2 is 1.58 bits per heavy atom. The molecule has 0 aromatic rings. The fourth-order valence-corrected chi connectivity index (χ4v) is 4.31. The molecule has 1 heteroatoms. The van der Waals surface area contributed by atoms with Gasteiger partial charge < -0.3 is 5.32 Å². The van der Waals surface area contributed by atoms with Gasteiger partial charge in [0.15, 0.2) is 0 Å². The summed E-state index contributed by atoms with van der Waals surface area (Å²) in [6, 6.07) is 0.840. The lowest BCUT2D eigenvalue weighted by atomic mass is 9.79.